The average Bonchev–Trinajstić information content (AvgIpc) is 1.86. The van der Waals surface area contributed by atoms with Gasteiger partial charge in [0.1, 0.15) is 0 Å². The van der Waals surface area contributed by atoms with Crippen molar-refractivity contribution in [3.05, 3.63) is 0 Å². The molecule has 2 nitrogen and oxygen atoms in total. The summed E-state index contributed by atoms with van der Waals surface area (Å²) in [4.78, 5) is 0. The van der Waals surface area contributed by atoms with E-state index in [9.17, 15) is 0 Å². The van der Waals surface area contributed by atoms with Crippen LogP contribution in [0, 0.1) is 5.92 Å². The normalized spacial score (nSPS) is 15.5. The van der Waals surface area contributed by atoms with Crippen molar-refractivity contribution in [2.24, 2.45) is 11.7 Å². The van der Waals surface area contributed by atoms with E-state index in [0.717, 1.165) is 6.61 Å². The molecule has 0 aromatic heterocycles. The number of hydrogen-bond acceptors (Lipinski definition) is 2. The first-order valence-corrected chi connectivity index (χ1v) is 4.31. The summed E-state index contributed by atoms with van der Waals surface area (Å²) in [5.74, 6) is 0.469. The van der Waals surface area contributed by atoms with Crippen molar-refractivity contribution in [1.82, 2.24) is 0 Å². The van der Waals surface area contributed by atoms with Crippen LogP contribution in [-0.2, 0) is 4.74 Å². The molecular formula is C9H21NO. The molecule has 11 heavy (non-hydrogen) atoms. The van der Waals surface area contributed by atoms with Crippen LogP contribution in [0.4, 0.5) is 0 Å². The Morgan fingerprint density at radius 1 is 1.36 bits per heavy atom. The molecule has 0 saturated carbocycles. The van der Waals surface area contributed by atoms with Crippen LogP contribution in [0.2, 0.25) is 0 Å². The third-order valence-electron chi connectivity index (χ3n) is 2.04. The molecule has 0 bridgehead atoms. The van der Waals surface area contributed by atoms with Gasteiger partial charge in [0, 0.05) is 12.6 Å². The van der Waals surface area contributed by atoms with E-state index < -0.39 is 0 Å². The van der Waals surface area contributed by atoms with Crippen molar-refractivity contribution in [1.29, 1.82) is 0 Å². The maximum atomic E-state index is 5.96. The van der Waals surface area contributed by atoms with Gasteiger partial charge >= 0.3 is 0 Å². The highest BCUT2D eigenvalue weighted by Gasteiger charge is 2.28. The molecule has 1 atom stereocenters. The van der Waals surface area contributed by atoms with E-state index in [2.05, 4.69) is 13.8 Å². The van der Waals surface area contributed by atoms with E-state index >= 15 is 0 Å². The lowest BCUT2D eigenvalue weighted by atomic mass is 9.90. The quantitative estimate of drug-likeness (QED) is 0.678. The zero-order chi connectivity index (χ0) is 9.07. The number of nitrogens with two attached hydrogens (primary N) is 1. The van der Waals surface area contributed by atoms with E-state index in [-0.39, 0.29) is 11.6 Å². The molecule has 1 unspecified atom stereocenters. The minimum atomic E-state index is -0.192. The second-order valence-corrected chi connectivity index (χ2v) is 3.81. The van der Waals surface area contributed by atoms with E-state index in [1.807, 2.05) is 20.8 Å². The van der Waals surface area contributed by atoms with Crippen molar-refractivity contribution >= 4 is 0 Å². The van der Waals surface area contributed by atoms with Crippen molar-refractivity contribution in [3.8, 4) is 0 Å². The molecule has 2 heteroatoms. The molecule has 0 amide bonds. The Balaban J connectivity index is 4.05. The monoisotopic (exact) mass is 159 g/mol. The van der Waals surface area contributed by atoms with Gasteiger partial charge in [0.2, 0.25) is 0 Å². The summed E-state index contributed by atoms with van der Waals surface area (Å²) in [5, 5.41) is 0. The molecule has 0 aromatic carbocycles. The van der Waals surface area contributed by atoms with Crippen LogP contribution >= 0.6 is 0 Å². The topological polar surface area (TPSA) is 35.2 Å². The molecular weight excluding hydrogens is 138 g/mol. The Morgan fingerprint density at radius 3 is 2.09 bits per heavy atom. The summed E-state index contributed by atoms with van der Waals surface area (Å²) in [7, 11) is 0. The van der Waals surface area contributed by atoms with Crippen molar-refractivity contribution < 1.29 is 4.74 Å². The lowest BCUT2D eigenvalue weighted by Crippen LogP contribution is -2.48. The minimum Gasteiger partial charge on any atom is -0.374 e. The molecule has 0 aliphatic rings. The van der Waals surface area contributed by atoms with Gasteiger partial charge in [-0.2, -0.15) is 0 Å². The fourth-order valence-electron chi connectivity index (χ4n) is 1.27. The second-order valence-electron chi connectivity index (χ2n) is 3.81. The highest BCUT2D eigenvalue weighted by atomic mass is 16.5. The molecule has 0 spiro atoms. The average molecular weight is 159 g/mol. The van der Waals surface area contributed by atoms with Crippen molar-refractivity contribution in [2.45, 2.75) is 46.3 Å². The van der Waals surface area contributed by atoms with Gasteiger partial charge in [-0.15, -0.1) is 0 Å². The third kappa shape index (κ3) is 3.21. The standard InChI is InChI=1S/C9H21NO/c1-6-11-9(4,5)8(10)7(2)3/h7-8H,6,10H2,1-5H3. The van der Waals surface area contributed by atoms with Crippen LogP contribution in [0.5, 0.6) is 0 Å². The zero-order valence-electron chi connectivity index (χ0n) is 8.35. The van der Waals surface area contributed by atoms with Crippen LogP contribution < -0.4 is 5.73 Å². The van der Waals surface area contributed by atoms with Gasteiger partial charge in [-0.25, -0.2) is 0 Å². The van der Waals surface area contributed by atoms with Crippen LogP contribution in [0.15, 0.2) is 0 Å². The third-order valence-corrected chi connectivity index (χ3v) is 2.04. The first kappa shape index (κ1) is 10.9. The Morgan fingerprint density at radius 2 is 1.82 bits per heavy atom. The summed E-state index contributed by atoms with van der Waals surface area (Å²) < 4.78 is 5.53. The summed E-state index contributed by atoms with van der Waals surface area (Å²) in [6.45, 7) is 11.0. The molecule has 0 radical (unpaired) electrons. The van der Waals surface area contributed by atoms with E-state index in [4.69, 9.17) is 10.5 Å². The summed E-state index contributed by atoms with van der Waals surface area (Å²) >= 11 is 0. The van der Waals surface area contributed by atoms with E-state index in [0.29, 0.717) is 5.92 Å². The lowest BCUT2D eigenvalue weighted by Gasteiger charge is -2.33. The first-order chi connectivity index (χ1) is 4.91. The van der Waals surface area contributed by atoms with Crippen LogP contribution in [0.1, 0.15) is 34.6 Å². The Labute approximate surface area is 70.1 Å². The maximum Gasteiger partial charge on any atom is 0.0779 e. The van der Waals surface area contributed by atoms with Gasteiger partial charge in [-0.1, -0.05) is 13.8 Å². The van der Waals surface area contributed by atoms with Crippen molar-refractivity contribution in [2.75, 3.05) is 6.61 Å². The number of ether oxygens (including phenoxy) is 1. The van der Waals surface area contributed by atoms with Gasteiger partial charge in [0.05, 0.1) is 5.60 Å². The fourth-order valence-corrected chi connectivity index (χ4v) is 1.27. The fraction of sp³-hybridized carbons (Fsp3) is 1.00. The highest BCUT2D eigenvalue weighted by Crippen LogP contribution is 2.18. The predicted molar refractivity (Wildman–Crippen MR) is 48.5 cm³/mol. The number of hydrogen-bond donors (Lipinski definition) is 1. The molecule has 0 aromatic rings. The Bertz CT molecular complexity index is 110. The Kier molecular flexibility index (Phi) is 4.04. The summed E-state index contributed by atoms with van der Waals surface area (Å²) in [6, 6.07) is 0.113. The van der Waals surface area contributed by atoms with Gasteiger partial charge in [0.25, 0.3) is 0 Å². The minimum absolute atomic E-state index is 0.113. The molecule has 0 fully saturated rings. The molecule has 2 N–H and O–H groups in total. The van der Waals surface area contributed by atoms with Gasteiger partial charge in [0.15, 0.2) is 0 Å². The van der Waals surface area contributed by atoms with Gasteiger partial charge in [-0.05, 0) is 26.7 Å². The molecule has 68 valence electrons. The predicted octanol–water partition coefficient (Wildman–Crippen LogP) is 1.78. The molecule has 0 heterocycles. The molecule has 0 aliphatic heterocycles. The molecule has 0 rings (SSSR count). The van der Waals surface area contributed by atoms with Gasteiger partial charge in [-0.3, -0.25) is 0 Å². The zero-order valence-corrected chi connectivity index (χ0v) is 8.35. The lowest BCUT2D eigenvalue weighted by molar-refractivity contribution is -0.0390. The molecule has 0 saturated heterocycles. The van der Waals surface area contributed by atoms with Crippen LogP contribution in [0.25, 0.3) is 0 Å². The van der Waals surface area contributed by atoms with Crippen LogP contribution in [0.3, 0.4) is 0 Å². The van der Waals surface area contributed by atoms with Gasteiger partial charge < -0.3 is 10.5 Å². The largest absolute Gasteiger partial charge is 0.374 e. The van der Waals surface area contributed by atoms with Crippen molar-refractivity contribution in [3.63, 3.8) is 0 Å². The van der Waals surface area contributed by atoms with E-state index in [1.54, 1.807) is 0 Å². The SMILES string of the molecule is CCOC(C)(C)C(N)C(C)C. The highest BCUT2D eigenvalue weighted by molar-refractivity contribution is 4.84. The number of rotatable bonds is 4. The first-order valence-electron chi connectivity index (χ1n) is 4.31. The summed E-state index contributed by atoms with van der Waals surface area (Å²) in [5.41, 5.74) is 5.76. The second kappa shape index (κ2) is 4.07. The maximum absolute atomic E-state index is 5.96. The Hall–Kier alpha value is -0.0800. The van der Waals surface area contributed by atoms with Crippen LogP contribution in [-0.4, -0.2) is 18.2 Å². The molecule has 0 aliphatic carbocycles. The summed E-state index contributed by atoms with van der Waals surface area (Å²) in [6.07, 6.45) is 0. The smallest absolute Gasteiger partial charge is 0.0779 e. The van der Waals surface area contributed by atoms with E-state index in [1.165, 1.54) is 0 Å².